The van der Waals surface area contributed by atoms with E-state index in [0.29, 0.717) is 0 Å². The first kappa shape index (κ1) is 14.5. The van der Waals surface area contributed by atoms with Crippen LogP contribution in [0.4, 0.5) is 0 Å². The molecule has 0 aromatic carbocycles. The average Bonchev–Trinajstić information content (AvgIpc) is 2.65. The molecular formula is C15H32. The van der Waals surface area contributed by atoms with E-state index in [-0.39, 0.29) is 2.85 Å². The molecule has 1 aliphatic carbocycles. The van der Waals surface area contributed by atoms with Crippen LogP contribution in [0.25, 0.3) is 0 Å². The molecule has 0 spiro atoms. The molecule has 0 aromatic heterocycles. The highest BCUT2D eigenvalue weighted by Gasteiger charge is 2.01. The van der Waals surface area contributed by atoms with Crippen molar-refractivity contribution < 1.29 is 2.85 Å². The summed E-state index contributed by atoms with van der Waals surface area (Å²) in [6.45, 7) is 11.2. The average molecular weight is 212 g/mol. The Morgan fingerprint density at radius 1 is 1.27 bits per heavy atom. The maximum absolute atomic E-state index is 2.28. The van der Waals surface area contributed by atoms with Gasteiger partial charge in [-0.3, -0.25) is 0 Å². The molecule has 0 aromatic rings. The minimum absolute atomic E-state index is 0. The Morgan fingerprint density at radius 2 is 1.87 bits per heavy atom. The smallest absolute Gasteiger partial charge is 0 e. The fraction of sp³-hybridized carbons (Fsp3) is 0.733. The van der Waals surface area contributed by atoms with Crippen LogP contribution in [0.2, 0.25) is 0 Å². The summed E-state index contributed by atoms with van der Waals surface area (Å²) in [6.07, 6.45) is 10.9. The normalized spacial score (nSPS) is 14.5. The molecule has 1 aliphatic rings. The minimum Gasteiger partial charge on any atom is -0.0802 e. The van der Waals surface area contributed by atoms with Gasteiger partial charge >= 0.3 is 0 Å². The molecule has 0 aliphatic heterocycles. The minimum atomic E-state index is 0. The van der Waals surface area contributed by atoms with E-state index < -0.39 is 0 Å². The van der Waals surface area contributed by atoms with Crippen LogP contribution in [0.5, 0.6) is 0 Å². The van der Waals surface area contributed by atoms with Crippen LogP contribution in [-0.2, 0) is 0 Å². The lowest BCUT2D eigenvalue weighted by Crippen LogP contribution is -1.85. The molecule has 1 rings (SSSR count). The first-order valence-corrected chi connectivity index (χ1v) is 6.50. The fourth-order valence-electron chi connectivity index (χ4n) is 1.55. The van der Waals surface area contributed by atoms with Crippen LogP contribution >= 0.6 is 0 Å². The summed E-state index contributed by atoms with van der Waals surface area (Å²) in [7, 11) is 0. The van der Waals surface area contributed by atoms with E-state index in [0.717, 1.165) is 5.92 Å². The van der Waals surface area contributed by atoms with E-state index in [1.54, 1.807) is 5.57 Å². The standard InChI is InChI=1S/C9H14.C6H14.2H2/c1-3-5-9-7-4-6-8(9)2;1-4-6(3)5-2;;/h4,6H,3,5,7H2,1-2H3;6H,4-5H2,1-3H3;2*1H. The largest absolute Gasteiger partial charge is 0.0802 e. The third-order valence-electron chi connectivity index (χ3n) is 3.24. The summed E-state index contributed by atoms with van der Waals surface area (Å²) in [4.78, 5) is 0. The molecule has 0 saturated heterocycles. The molecule has 0 nitrogen and oxygen atoms in total. The predicted octanol–water partition coefficient (Wildman–Crippen LogP) is 6.00. The summed E-state index contributed by atoms with van der Waals surface area (Å²) >= 11 is 0. The van der Waals surface area contributed by atoms with Gasteiger partial charge in [0.1, 0.15) is 0 Å². The Balaban J connectivity index is -0.000000221. The van der Waals surface area contributed by atoms with Crippen molar-refractivity contribution >= 4 is 0 Å². The lowest BCUT2D eigenvalue weighted by molar-refractivity contribution is 0.544. The van der Waals surface area contributed by atoms with Gasteiger partial charge in [0.15, 0.2) is 0 Å². The third-order valence-corrected chi connectivity index (χ3v) is 3.24. The molecule has 15 heavy (non-hydrogen) atoms. The summed E-state index contributed by atoms with van der Waals surface area (Å²) in [5.41, 5.74) is 3.13. The van der Waals surface area contributed by atoms with E-state index in [1.807, 2.05) is 0 Å². The van der Waals surface area contributed by atoms with Gasteiger partial charge in [-0.15, -0.1) is 0 Å². The summed E-state index contributed by atoms with van der Waals surface area (Å²) in [6, 6.07) is 0. The summed E-state index contributed by atoms with van der Waals surface area (Å²) in [5, 5.41) is 0. The zero-order chi connectivity index (χ0) is 11.7. The molecule has 0 heterocycles. The van der Waals surface area contributed by atoms with E-state index in [2.05, 4.69) is 46.8 Å². The molecule has 0 unspecified atom stereocenters. The molecule has 0 heteroatoms. The summed E-state index contributed by atoms with van der Waals surface area (Å²) < 4.78 is 0. The van der Waals surface area contributed by atoms with Crippen LogP contribution in [-0.4, -0.2) is 0 Å². The van der Waals surface area contributed by atoms with Gasteiger partial charge in [0.05, 0.1) is 0 Å². The third kappa shape index (κ3) is 6.54. The second kappa shape index (κ2) is 8.76. The first-order valence-electron chi connectivity index (χ1n) is 6.50. The highest BCUT2D eigenvalue weighted by molar-refractivity contribution is 5.31. The second-order valence-electron chi connectivity index (χ2n) is 4.56. The van der Waals surface area contributed by atoms with Crippen molar-refractivity contribution in [3.05, 3.63) is 23.3 Å². The van der Waals surface area contributed by atoms with Crippen LogP contribution < -0.4 is 0 Å². The van der Waals surface area contributed by atoms with E-state index in [9.17, 15) is 0 Å². The Kier molecular flexibility index (Phi) is 8.46. The molecule has 0 fully saturated rings. The van der Waals surface area contributed by atoms with E-state index in [4.69, 9.17) is 0 Å². The van der Waals surface area contributed by atoms with Crippen molar-refractivity contribution in [1.82, 2.24) is 0 Å². The second-order valence-corrected chi connectivity index (χ2v) is 4.56. The number of hydrogen-bond acceptors (Lipinski definition) is 0. The van der Waals surface area contributed by atoms with Crippen LogP contribution in [0.1, 0.15) is 69.6 Å². The van der Waals surface area contributed by atoms with Crippen LogP contribution in [0.3, 0.4) is 0 Å². The monoisotopic (exact) mass is 212 g/mol. The predicted molar refractivity (Wildman–Crippen MR) is 75.3 cm³/mol. The van der Waals surface area contributed by atoms with Crippen LogP contribution in [0.15, 0.2) is 23.3 Å². The van der Waals surface area contributed by atoms with E-state index >= 15 is 0 Å². The zero-order valence-corrected chi connectivity index (χ0v) is 11.3. The maximum Gasteiger partial charge on any atom is 0 e. The van der Waals surface area contributed by atoms with Gasteiger partial charge in [-0.1, -0.05) is 70.3 Å². The number of rotatable bonds is 4. The quantitative estimate of drug-likeness (QED) is 0.536. The zero-order valence-electron chi connectivity index (χ0n) is 11.3. The van der Waals surface area contributed by atoms with Gasteiger partial charge in [-0.05, 0) is 25.7 Å². The van der Waals surface area contributed by atoms with Gasteiger partial charge in [0.2, 0.25) is 0 Å². The van der Waals surface area contributed by atoms with Gasteiger partial charge in [-0.25, -0.2) is 0 Å². The Morgan fingerprint density at radius 3 is 2.13 bits per heavy atom. The molecule has 0 atom stereocenters. The highest BCUT2D eigenvalue weighted by Crippen LogP contribution is 2.21. The van der Waals surface area contributed by atoms with Crippen molar-refractivity contribution in [1.29, 1.82) is 0 Å². The topological polar surface area (TPSA) is 0 Å². The number of allylic oxidation sites excluding steroid dienone is 4. The lowest BCUT2D eigenvalue weighted by Gasteiger charge is -1.98. The Labute approximate surface area is 99.4 Å². The number of hydrogen-bond donors (Lipinski definition) is 0. The fourth-order valence-corrected chi connectivity index (χ4v) is 1.55. The van der Waals surface area contributed by atoms with Gasteiger partial charge < -0.3 is 0 Å². The molecule has 0 amide bonds. The molecule has 0 radical (unpaired) electrons. The SMILES string of the molecule is CCC(C)CC.CCCC1=C(C)C=CC1.[HH].[HH]. The van der Waals surface area contributed by atoms with Gasteiger partial charge in [0, 0.05) is 2.85 Å². The van der Waals surface area contributed by atoms with Crippen molar-refractivity contribution in [3.8, 4) is 0 Å². The first-order chi connectivity index (χ1) is 7.15. The van der Waals surface area contributed by atoms with Crippen molar-refractivity contribution in [2.24, 2.45) is 5.92 Å². The van der Waals surface area contributed by atoms with Gasteiger partial charge in [-0.2, -0.15) is 0 Å². The van der Waals surface area contributed by atoms with Crippen LogP contribution in [0, 0.1) is 5.92 Å². The van der Waals surface area contributed by atoms with Gasteiger partial charge in [0.25, 0.3) is 0 Å². The highest BCUT2D eigenvalue weighted by atomic mass is 14.1. The van der Waals surface area contributed by atoms with Crippen molar-refractivity contribution in [2.75, 3.05) is 0 Å². The molecular weight excluding hydrogens is 180 g/mol. The summed E-state index contributed by atoms with van der Waals surface area (Å²) in [5.74, 6) is 0.935. The molecule has 0 saturated carbocycles. The molecule has 92 valence electrons. The Hall–Kier alpha value is -0.520. The van der Waals surface area contributed by atoms with E-state index in [1.165, 1.54) is 37.7 Å². The lowest BCUT2D eigenvalue weighted by atomic mass is 10.1. The van der Waals surface area contributed by atoms with Crippen molar-refractivity contribution in [3.63, 3.8) is 0 Å². The maximum atomic E-state index is 2.28. The molecule has 0 bridgehead atoms. The Bertz CT molecular complexity index is 213. The molecule has 0 N–H and O–H groups in total. The van der Waals surface area contributed by atoms with Crippen molar-refractivity contribution in [2.45, 2.75) is 66.7 Å².